The molecule has 0 spiro atoms. The van der Waals surface area contributed by atoms with Gasteiger partial charge >= 0.3 is 0 Å². The van der Waals surface area contributed by atoms with Crippen LogP contribution in [0, 0.1) is 0 Å². The van der Waals surface area contributed by atoms with Gasteiger partial charge < -0.3 is 10.6 Å². The molecule has 0 aromatic heterocycles. The Hall–Kier alpha value is -0.870. The van der Waals surface area contributed by atoms with Gasteiger partial charge in [0.1, 0.15) is 0 Å². The number of halogens is 1. The lowest BCUT2D eigenvalue weighted by Gasteiger charge is -2.28. The van der Waals surface area contributed by atoms with Crippen LogP contribution in [0.25, 0.3) is 0 Å². The van der Waals surface area contributed by atoms with Gasteiger partial charge in [-0.15, -0.1) is 0 Å². The Morgan fingerprint density at radius 3 is 3.00 bits per heavy atom. The molecule has 1 heterocycles. The maximum atomic E-state index is 11.2. The van der Waals surface area contributed by atoms with Crippen LogP contribution in [0.3, 0.4) is 0 Å². The fourth-order valence-electron chi connectivity index (χ4n) is 3.11. The van der Waals surface area contributed by atoms with Gasteiger partial charge in [-0.25, -0.2) is 0 Å². The molecule has 0 radical (unpaired) electrons. The van der Waals surface area contributed by atoms with E-state index >= 15 is 0 Å². The molecule has 2 aliphatic rings. The highest BCUT2D eigenvalue weighted by atomic mass is 79.9. The Bertz CT molecular complexity index is 489. The van der Waals surface area contributed by atoms with Gasteiger partial charge in [-0.05, 0) is 48.9 Å². The van der Waals surface area contributed by atoms with E-state index in [1.807, 2.05) is 0 Å². The van der Waals surface area contributed by atoms with Crippen LogP contribution in [-0.4, -0.2) is 18.5 Å². The maximum Gasteiger partial charge on any atom is 0.220 e. The molecular formula is C15H19BrN2O. The van der Waals surface area contributed by atoms with Crippen molar-refractivity contribution in [1.29, 1.82) is 0 Å². The number of fused-ring (bicyclic) bond motifs is 1. The van der Waals surface area contributed by atoms with Gasteiger partial charge in [-0.3, -0.25) is 4.79 Å². The number of nitrogens with one attached hydrogen (secondary N) is 2. The summed E-state index contributed by atoms with van der Waals surface area (Å²) >= 11 is 3.54. The van der Waals surface area contributed by atoms with Gasteiger partial charge in [0.25, 0.3) is 0 Å². The molecule has 102 valence electrons. The van der Waals surface area contributed by atoms with E-state index in [1.54, 1.807) is 0 Å². The summed E-state index contributed by atoms with van der Waals surface area (Å²) in [6.45, 7) is 0.881. The average Bonchev–Trinajstić information content (AvgIpc) is 2.81. The van der Waals surface area contributed by atoms with Gasteiger partial charge in [-0.1, -0.05) is 22.0 Å². The lowest BCUT2D eigenvalue weighted by Crippen LogP contribution is -2.38. The zero-order valence-corrected chi connectivity index (χ0v) is 12.5. The van der Waals surface area contributed by atoms with Crippen molar-refractivity contribution in [3.8, 4) is 0 Å². The molecule has 1 aromatic rings. The summed E-state index contributed by atoms with van der Waals surface area (Å²) in [5.41, 5.74) is 2.88. The normalized spacial score (nSPS) is 26.1. The molecule has 3 rings (SSSR count). The highest BCUT2D eigenvalue weighted by Crippen LogP contribution is 2.31. The minimum absolute atomic E-state index is 0.194. The molecule has 1 saturated heterocycles. The zero-order valence-electron chi connectivity index (χ0n) is 10.9. The van der Waals surface area contributed by atoms with Gasteiger partial charge in [0.15, 0.2) is 0 Å². The van der Waals surface area contributed by atoms with Crippen molar-refractivity contribution < 1.29 is 4.79 Å². The summed E-state index contributed by atoms with van der Waals surface area (Å²) in [4.78, 5) is 11.2. The van der Waals surface area contributed by atoms with Crippen LogP contribution in [0.2, 0.25) is 0 Å². The van der Waals surface area contributed by atoms with Crippen molar-refractivity contribution in [2.75, 3.05) is 6.54 Å². The summed E-state index contributed by atoms with van der Waals surface area (Å²) < 4.78 is 1.16. The molecule has 0 bridgehead atoms. The highest BCUT2D eigenvalue weighted by molar-refractivity contribution is 9.10. The van der Waals surface area contributed by atoms with Crippen molar-refractivity contribution in [2.45, 2.75) is 44.2 Å². The first-order valence-corrected chi connectivity index (χ1v) is 7.83. The first-order chi connectivity index (χ1) is 9.22. The minimum Gasteiger partial charge on any atom is -0.352 e. The van der Waals surface area contributed by atoms with Crippen LogP contribution in [-0.2, 0) is 11.2 Å². The third-order valence-electron chi connectivity index (χ3n) is 4.11. The van der Waals surface area contributed by atoms with Crippen LogP contribution < -0.4 is 10.6 Å². The van der Waals surface area contributed by atoms with Crippen molar-refractivity contribution in [2.24, 2.45) is 0 Å². The second-order valence-electron chi connectivity index (χ2n) is 5.50. The first kappa shape index (κ1) is 13.1. The third kappa shape index (κ3) is 3.00. The molecular weight excluding hydrogens is 304 g/mol. The standard InChI is InChI=1S/C15H19BrN2O/c16-11-4-6-13-10(8-11)2-1-3-14(13)17-9-12-5-7-15(19)18-12/h4,6,8,12,14,17H,1-3,5,7,9H2,(H,18,19)/t12-,14+/m0/s1. The number of rotatable bonds is 3. The SMILES string of the molecule is O=C1CC[C@@H](CN[C@@H]2CCCc3cc(Br)ccc32)N1. The fraction of sp³-hybridized carbons (Fsp3) is 0.533. The molecule has 3 nitrogen and oxygen atoms in total. The predicted octanol–water partition coefficient (Wildman–Crippen LogP) is 2.69. The van der Waals surface area contributed by atoms with Crippen LogP contribution >= 0.6 is 15.9 Å². The number of aryl methyl sites for hydroxylation is 1. The van der Waals surface area contributed by atoms with Crippen LogP contribution in [0.4, 0.5) is 0 Å². The Labute approximate surface area is 122 Å². The summed E-state index contributed by atoms with van der Waals surface area (Å²) in [6, 6.07) is 7.34. The van der Waals surface area contributed by atoms with Crippen LogP contribution in [0.1, 0.15) is 42.9 Å². The van der Waals surface area contributed by atoms with Gasteiger partial charge in [-0.2, -0.15) is 0 Å². The Morgan fingerprint density at radius 2 is 2.21 bits per heavy atom. The molecule has 2 atom stereocenters. The molecule has 0 unspecified atom stereocenters. The number of carbonyl (C=O) groups is 1. The van der Waals surface area contributed by atoms with Crippen LogP contribution in [0.15, 0.2) is 22.7 Å². The molecule has 19 heavy (non-hydrogen) atoms. The quantitative estimate of drug-likeness (QED) is 0.898. The molecule has 1 aliphatic carbocycles. The van der Waals surface area contributed by atoms with Crippen molar-refractivity contribution in [1.82, 2.24) is 10.6 Å². The van der Waals surface area contributed by atoms with E-state index in [-0.39, 0.29) is 5.91 Å². The number of hydrogen-bond acceptors (Lipinski definition) is 2. The van der Waals surface area contributed by atoms with E-state index in [9.17, 15) is 4.79 Å². The monoisotopic (exact) mass is 322 g/mol. The maximum absolute atomic E-state index is 11.2. The molecule has 1 aromatic carbocycles. The molecule has 0 saturated carbocycles. The van der Waals surface area contributed by atoms with Gasteiger partial charge in [0, 0.05) is 29.5 Å². The van der Waals surface area contributed by atoms with Crippen LogP contribution in [0.5, 0.6) is 0 Å². The fourth-order valence-corrected chi connectivity index (χ4v) is 3.52. The Kier molecular flexibility index (Phi) is 3.89. The minimum atomic E-state index is 0.194. The summed E-state index contributed by atoms with van der Waals surface area (Å²) in [5, 5.41) is 6.65. The molecule has 1 fully saturated rings. The molecule has 4 heteroatoms. The average molecular weight is 323 g/mol. The number of carbonyl (C=O) groups excluding carboxylic acids is 1. The Balaban J connectivity index is 1.65. The third-order valence-corrected chi connectivity index (χ3v) is 4.61. The van der Waals surface area contributed by atoms with Crippen molar-refractivity contribution >= 4 is 21.8 Å². The van der Waals surface area contributed by atoms with E-state index in [2.05, 4.69) is 44.8 Å². The molecule has 1 aliphatic heterocycles. The van der Waals surface area contributed by atoms with Crippen molar-refractivity contribution in [3.63, 3.8) is 0 Å². The van der Waals surface area contributed by atoms with E-state index < -0.39 is 0 Å². The second kappa shape index (κ2) is 5.63. The van der Waals surface area contributed by atoms with E-state index in [4.69, 9.17) is 0 Å². The van der Waals surface area contributed by atoms with Crippen molar-refractivity contribution in [3.05, 3.63) is 33.8 Å². The molecule has 2 N–H and O–H groups in total. The van der Waals surface area contributed by atoms with Gasteiger partial charge in [0.05, 0.1) is 0 Å². The van der Waals surface area contributed by atoms with Gasteiger partial charge in [0.2, 0.25) is 5.91 Å². The zero-order chi connectivity index (χ0) is 13.2. The summed E-state index contributed by atoms with van der Waals surface area (Å²) in [6.07, 6.45) is 5.24. The predicted molar refractivity (Wildman–Crippen MR) is 79.0 cm³/mol. The Morgan fingerprint density at radius 1 is 1.32 bits per heavy atom. The number of benzene rings is 1. The smallest absolute Gasteiger partial charge is 0.220 e. The number of hydrogen-bond donors (Lipinski definition) is 2. The van der Waals surface area contributed by atoms with E-state index in [0.29, 0.717) is 18.5 Å². The topological polar surface area (TPSA) is 41.1 Å². The molecule has 1 amide bonds. The summed E-state index contributed by atoms with van der Waals surface area (Å²) in [7, 11) is 0. The summed E-state index contributed by atoms with van der Waals surface area (Å²) in [5.74, 6) is 0.194. The lowest BCUT2D eigenvalue weighted by molar-refractivity contribution is -0.119. The largest absolute Gasteiger partial charge is 0.352 e. The first-order valence-electron chi connectivity index (χ1n) is 7.03. The number of amides is 1. The van der Waals surface area contributed by atoms with E-state index in [0.717, 1.165) is 17.4 Å². The highest BCUT2D eigenvalue weighted by Gasteiger charge is 2.24. The lowest BCUT2D eigenvalue weighted by atomic mass is 9.87. The second-order valence-corrected chi connectivity index (χ2v) is 6.41. The van der Waals surface area contributed by atoms with E-state index in [1.165, 1.54) is 30.4 Å².